The van der Waals surface area contributed by atoms with Crippen molar-refractivity contribution >= 4 is 12.2 Å². The maximum atomic E-state index is 10.4. The van der Waals surface area contributed by atoms with E-state index >= 15 is 0 Å². The Morgan fingerprint density at radius 3 is 2.27 bits per heavy atom. The molecule has 0 saturated carbocycles. The monoisotopic (exact) mass is 219 g/mol. The number of rotatable bonds is 6. The molecule has 0 rings (SSSR count). The van der Waals surface area contributed by atoms with Crippen LogP contribution in [0.25, 0.3) is 0 Å². The fraction of sp³-hybridized carbons (Fsp3) is 0.750. The average Bonchev–Trinajstić information content (AvgIpc) is 2.08. The molecule has 88 valence electrons. The van der Waals surface area contributed by atoms with Crippen LogP contribution >= 0.6 is 0 Å². The third-order valence-corrected chi connectivity index (χ3v) is 1.75. The first-order valence-electron chi connectivity index (χ1n) is 4.52. The number of carboxylic acid groups (broad SMARTS) is 2. The van der Waals surface area contributed by atoms with E-state index in [4.69, 9.17) is 10.2 Å². The lowest BCUT2D eigenvalue weighted by molar-refractivity contribution is 0.181. The number of amides is 2. The Hall–Kier alpha value is -1.50. The van der Waals surface area contributed by atoms with Crippen LogP contribution in [0.4, 0.5) is 9.59 Å². The summed E-state index contributed by atoms with van der Waals surface area (Å²) >= 11 is 0. The molecule has 7 heteroatoms. The van der Waals surface area contributed by atoms with Gasteiger partial charge in [0.05, 0.1) is 6.04 Å². The van der Waals surface area contributed by atoms with Gasteiger partial charge >= 0.3 is 12.2 Å². The van der Waals surface area contributed by atoms with Crippen LogP contribution in [0.2, 0.25) is 0 Å². The van der Waals surface area contributed by atoms with Crippen LogP contribution in [0.3, 0.4) is 0 Å². The molecular weight excluding hydrogens is 202 g/mol. The molecule has 0 fully saturated rings. The Bertz CT molecular complexity index is 220. The van der Waals surface area contributed by atoms with Crippen LogP contribution in [0.5, 0.6) is 0 Å². The van der Waals surface area contributed by atoms with Gasteiger partial charge in [-0.3, -0.25) is 0 Å². The fourth-order valence-corrected chi connectivity index (χ4v) is 1.02. The zero-order valence-corrected chi connectivity index (χ0v) is 8.86. The maximum Gasteiger partial charge on any atom is 0.404 e. The number of hydrogen-bond acceptors (Lipinski definition) is 3. The Kier molecular flexibility index (Phi) is 6.19. The van der Waals surface area contributed by atoms with Crippen LogP contribution in [-0.2, 0) is 0 Å². The van der Waals surface area contributed by atoms with Gasteiger partial charge in [0, 0.05) is 6.54 Å². The van der Waals surface area contributed by atoms with Crippen LogP contribution in [0.1, 0.15) is 6.42 Å². The molecule has 0 aromatic rings. The van der Waals surface area contributed by atoms with Crippen molar-refractivity contribution < 1.29 is 19.8 Å². The molecule has 15 heavy (non-hydrogen) atoms. The normalized spacial score (nSPS) is 12.2. The Labute approximate surface area is 88.1 Å². The predicted octanol–water partition coefficient (Wildman–Crippen LogP) is -0.158. The summed E-state index contributed by atoms with van der Waals surface area (Å²) in [6, 6.07) is -0.402. The fourth-order valence-electron chi connectivity index (χ4n) is 1.02. The van der Waals surface area contributed by atoms with E-state index in [9.17, 15) is 9.59 Å². The minimum absolute atomic E-state index is 0.0788. The lowest BCUT2D eigenvalue weighted by Gasteiger charge is -2.18. The molecule has 1 atom stereocenters. The molecule has 4 N–H and O–H groups in total. The highest BCUT2D eigenvalue weighted by Crippen LogP contribution is 1.92. The first-order valence-corrected chi connectivity index (χ1v) is 4.52. The van der Waals surface area contributed by atoms with E-state index in [1.807, 2.05) is 19.0 Å². The number of nitrogens with one attached hydrogen (secondary N) is 2. The third-order valence-electron chi connectivity index (χ3n) is 1.75. The lowest BCUT2D eigenvalue weighted by atomic mass is 10.2. The minimum Gasteiger partial charge on any atom is -0.465 e. The highest BCUT2D eigenvalue weighted by molar-refractivity contribution is 5.66. The SMILES string of the molecule is CN(C)CCC(CNC(=O)O)NC(=O)O. The van der Waals surface area contributed by atoms with Gasteiger partial charge < -0.3 is 25.7 Å². The quantitative estimate of drug-likeness (QED) is 0.497. The summed E-state index contributed by atoms with van der Waals surface area (Å²) in [7, 11) is 3.73. The second kappa shape index (κ2) is 6.88. The van der Waals surface area contributed by atoms with Gasteiger partial charge in [0.1, 0.15) is 0 Å². The molecule has 0 saturated heterocycles. The van der Waals surface area contributed by atoms with Crippen LogP contribution in [-0.4, -0.2) is 60.5 Å². The largest absolute Gasteiger partial charge is 0.465 e. The molecule has 0 aliphatic rings. The van der Waals surface area contributed by atoms with Crippen LogP contribution < -0.4 is 10.6 Å². The molecule has 7 nitrogen and oxygen atoms in total. The summed E-state index contributed by atoms with van der Waals surface area (Å²) in [4.78, 5) is 22.5. The van der Waals surface area contributed by atoms with Gasteiger partial charge in [-0.15, -0.1) is 0 Å². The highest BCUT2D eigenvalue weighted by Gasteiger charge is 2.12. The van der Waals surface area contributed by atoms with E-state index in [1.54, 1.807) is 0 Å². The minimum atomic E-state index is -1.16. The van der Waals surface area contributed by atoms with Gasteiger partial charge in [-0.05, 0) is 27.1 Å². The summed E-state index contributed by atoms with van der Waals surface area (Å²) in [5, 5.41) is 21.3. The molecule has 0 aromatic carbocycles. The summed E-state index contributed by atoms with van der Waals surface area (Å²) in [5.41, 5.74) is 0. The van der Waals surface area contributed by atoms with E-state index in [0.717, 1.165) is 0 Å². The van der Waals surface area contributed by atoms with Gasteiger partial charge in [-0.25, -0.2) is 9.59 Å². The summed E-state index contributed by atoms with van der Waals surface area (Å²) in [6.45, 7) is 0.766. The molecule has 0 bridgehead atoms. The molecule has 0 spiro atoms. The van der Waals surface area contributed by atoms with Gasteiger partial charge in [-0.1, -0.05) is 0 Å². The Morgan fingerprint density at radius 1 is 1.27 bits per heavy atom. The second-order valence-corrected chi connectivity index (χ2v) is 3.42. The van der Waals surface area contributed by atoms with Gasteiger partial charge in [0.25, 0.3) is 0 Å². The van der Waals surface area contributed by atoms with Crippen molar-refractivity contribution in [3.8, 4) is 0 Å². The van der Waals surface area contributed by atoms with Crippen LogP contribution in [0.15, 0.2) is 0 Å². The first kappa shape index (κ1) is 13.5. The maximum absolute atomic E-state index is 10.4. The number of carbonyl (C=O) groups is 2. The average molecular weight is 219 g/mol. The van der Waals surface area contributed by atoms with Crippen molar-refractivity contribution in [1.82, 2.24) is 15.5 Å². The number of hydrogen-bond donors (Lipinski definition) is 4. The van der Waals surface area contributed by atoms with E-state index in [0.29, 0.717) is 13.0 Å². The summed E-state index contributed by atoms with van der Waals surface area (Å²) < 4.78 is 0. The van der Waals surface area contributed by atoms with E-state index in [1.165, 1.54) is 0 Å². The van der Waals surface area contributed by atoms with Crippen molar-refractivity contribution in [3.63, 3.8) is 0 Å². The summed E-state index contributed by atoms with van der Waals surface area (Å²) in [6.07, 6.45) is -1.75. The summed E-state index contributed by atoms with van der Waals surface area (Å²) in [5.74, 6) is 0. The Balaban J connectivity index is 3.94. The Morgan fingerprint density at radius 2 is 1.87 bits per heavy atom. The van der Waals surface area contributed by atoms with Crippen LogP contribution in [0, 0.1) is 0 Å². The van der Waals surface area contributed by atoms with Crippen molar-refractivity contribution in [2.24, 2.45) is 0 Å². The molecule has 0 radical (unpaired) electrons. The molecule has 0 aromatic heterocycles. The highest BCUT2D eigenvalue weighted by atomic mass is 16.4. The molecule has 0 heterocycles. The standard InChI is InChI=1S/C8H17N3O4/c1-11(2)4-3-6(10-8(14)15)5-9-7(12)13/h6,9-10H,3-5H2,1-2H3,(H,12,13)(H,14,15). The van der Waals surface area contributed by atoms with Gasteiger partial charge in [0.15, 0.2) is 0 Å². The predicted molar refractivity (Wildman–Crippen MR) is 54.1 cm³/mol. The topological polar surface area (TPSA) is 102 Å². The lowest BCUT2D eigenvalue weighted by Crippen LogP contribution is -2.44. The second-order valence-electron chi connectivity index (χ2n) is 3.42. The molecule has 1 unspecified atom stereocenters. The number of nitrogens with zero attached hydrogens (tertiary/aromatic N) is 1. The molecule has 0 aliphatic carbocycles. The van der Waals surface area contributed by atoms with E-state index < -0.39 is 18.2 Å². The van der Waals surface area contributed by atoms with Crippen molar-refractivity contribution in [2.45, 2.75) is 12.5 Å². The zero-order valence-electron chi connectivity index (χ0n) is 8.86. The van der Waals surface area contributed by atoms with Crippen molar-refractivity contribution in [1.29, 1.82) is 0 Å². The smallest absolute Gasteiger partial charge is 0.404 e. The van der Waals surface area contributed by atoms with Gasteiger partial charge in [0.2, 0.25) is 0 Å². The van der Waals surface area contributed by atoms with E-state index in [-0.39, 0.29) is 6.54 Å². The van der Waals surface area contributed by atoms with Crippen molar-refractivity contribution in [3.05, 3.63) is 0 Å². The molecule has 2 amide bonds. The zero-order chi connectivity index (χ0) is 11.8. The third kappa shape index (κ3) is 8.82. The van der Waals surface area contributed by atoms with Crippen molar-refractivity contribution in [2.75, 3.05) is 27.2 Å². The van der Waals surface area contributed by atoms with E-state index in [2.05, 4.69) is 10.6 Å². The van der Waals surface area contributed by atoms with Gasteiger partial charge in [-0.2, -0.15) is 0 Å². The first-order chi connectivity index (χ1) is 6.91. The molecule has 0 aliphatic heterocycles. The molecular formula is C8H17N3O4.